The topological polar surface area (TPSA) is 94.1 Å². The molecule has 0 saturated carbocycles. The molecule has 0 fully saturated rings. The number of nitrogen functional groups attached to an aromatic ring is 1. The Hall–Kier alpha value is -2.73. The van der Waals surface area contributed by atoms with Crippen LogP contribution in [0.4, 0.5) is 11.6 Å². The zero-order valence-corrected chi connectivity index (χ0v) is 14.2. The van der Waals surface area contributed by atoms with E-state index in [1.165, 1.54) is 7.11 Å². The Balaban J connectivity index is 2.33. The molecule has 2 aromatic heterocycles. The normalized spacial score (nSPS) is 10.8. The number of nitrogens with one attached hydrogen (secondary N) is 1. The number of hydrogen-bond acceptors (Lipinski definition) is 5. The monoisotopic (exact) mass is 343 g/mol. The summed E-state index contributed by atoms with van der Waals surface area (Å²) >= 11 is 6.49. The second-order valence-corrected chi connectivity index (χ2v) is 5.66. The molecule has 0 aliphatic rings. The Morgan fingerprint density at radius 3 is 2.50 bits per heavy atom. The number of aromatic nitrogens is 2. The number of methoxy groups -OCH3 is 2. The second-order valence-electron chi connectivity index (χ2n) is 5.28. The number of nitrogens with two attached hydrogens (primary N) is 1. The lowest BCUT2D eigenvalue weighted by Crippen LogP contribution is -1.97. The summed E-state index contributed by atoms with van der Waals surface area (Å²) in [5.74, 6) is 1.57. The smallest absolute Gasteiger partial charge is 0.141 e. The van der Waals surface area contributed by atoms with Crippen LogP contribution in [0.15, 0.2) is 24.4 Å². The summed E-state index contributed by atoms with van der Waals surface area (Å²) in [6, 6.07) is 5.19. The van der Waals surface area contributed by atoms with E-state index in [1.807, 2.05) is 13.0 Å². The van der Waals surface area contributed by atoms with Gasteiger partial charge in [0.05, 0.1) is 19.2 Å². The third-order valence-corrected chi connectivity index (χ3v) is 4.25. The van der Waals surface area contributed by atoms with E-state index in [4.69, 9.17) is 32.5 Å². The second kappa shape index (κ2) is 6.05. The van der Waals surface area contributed by atoms with Crippen LogP contribution in [-0.4, -0.2) is 24.2 Å². The van der Waals surface area contributed by atoms with E-state index in [0.29, 0.717) is 39.0 Å². The zero-order valence-electron chi connectivity index (χ0n) is 13.5. The van der Waals surface area contributed by atoms with Crippen molar-refractivity contribution in [2.75, 3.05) is 20.0 Å². The van der Waals surface area contributed by atoms with Crippen molar-refractivity contribution in [3.63, 3.8) is 0 Å². The quantitative estimate of drug-likeness (QED) is 0.753. The maximum atomic E-state index is 8.19. The minimum atomic E-state index is 0.105. The van der Waals surface area contributed by atoms with Gasteiger partial charge in [0, 0.05) is 28.8 Å². The number of rotatable bonds is 3. The SMILES string of the molecule is COc1cc(OC)c(Cl)c(-c2cc3cnc(N)cc3c([NH-])n2)c1C. The number of hydrogen-bond donors (Lipinski definition) is 1. The zero-order chi connectivity index (χ0) is 17.4. The maximum Gasteiger partial charge on any atom is 0.141 e. The number of nitrogens with zero attached hydrogens (tertiary/aromatic N) is 2. The highest BCUT2D eigenvalue weighted by Gasteiger charge is 2.16. The molecule has 7 heteroatoms. The highest BCUT2D eigenvalue weighted by Crippen LogP contribution is 2.43. The largest absolute Gasteiger partial charge is 0.496 e. The lowest BCUT2D eigenvalue weighted by atomic mass is 10.0. The van der Waals surface area contributed by atoms with Crippen molar-refractivity contribution in [1.82, 2.24) is 9.97 Å². The first-order chi connectivity index (χ1) is 11.5. The number of pyridine rings is 2. The first kappa shape index (κ1) is 16.1. The Morgan fingerprint density at radius 1 is 1.12 bits per heavy atom. The van der Waals surface area contributed by atoms with Crippen molar-refractivity contribution in [3.8, 4) is 22.8 Å². The summed E-state index contributed by atoms with van der Waals surface area (Å²) in [5, 5.41) is 1.82. The molecule has 0 aliphatic heterocycles. The van der Waals surface area contributed by atoms with Crippen LogP contribution >= 0.6 is 11.6 Å². The van der Waals surface area contributed by atoms with Crippen molar-refractivity contribution in [3.05, 3.63) is 40.7 Å². The van der Waals surface area contributed by atoms with Gasteiger partial charge in [-0.3, -0.25) is 0 Å². The van der Waals surface area contributed by atoms with Crippen LogP contribution < -0.4 is 15.2 Å². The van der Waals surface area contributed by atoms with Gasteiger partial charge in [0.25, 0.3) is 0 Å². The van der Waals surface area contributed by atoms with E-state index in [1.54, 1.807) is 25.4 Å². The van der Waals surface area contributed by atoms with Gasteiger partial charge < -0.3 is 25.9 Å². The predicted molar refractivity (Wildman–Crippen MR) is 96.2 cm³/mol. The van der Waals surface area contributed by atoms with Gasteiger partial charge in [-0.25, -0.2) is 4.98 Å². The van der Waals surface area contributed by atoms with Crippen molar-refractivity contribution < 1.29 is 9.47 Å². The molecule has 1 aromatic carbocycles. The molecule has 3 aromatic rings. The molecule has 3 N–H and O–H groups in total. The fraction of sp³-hybridized carbons (Fsp3) is 0.176. The van der Waals surface area contributed by atoms with E-state index in [-0.39, 0.29) is 5.82 Å². The van der Waals surface area contributed by atoms with Gasteiger partial charge in [-0.15, -0.1) is 0 Å². The van der Waals surface area contributed by atoms with Crippen LogP contribution in [0, 0.1) is 6.92 Å². The molecule has 124 valence electrons. The molecule has 24 heavy (non-hydrogen) atoms. The van der Waals surface area contributed by atoms with Gasteiger partial charge >= 0.3 is 0 Å². The van der Waals surface area contributed by atoms with Gasteiger partial charge in [0.2, 0.25) is 0 Å². The molecule has 0 atom stereocenters. The molecule has 6 nitrogen and oxygen atoms in total. The molecular weight excluding hydrogens is 328 g/mol. The Labute approximate surface area is 144 Å². The molecule has 0 aliphatic carbocycles. The van der Waals surface area contributed by atoms with Gasteiger partial charge in [-0.1, -0.05) is 17.4 Å². The first-order valence-corrected chi connectivity index (χ1v) is 7.53. The van der Waals surface area contributed by atoms with Gasteiger partial charge in [-0.05, 0) is 30.1 Å². The first-order valence-electron chi connectivity index (χ1n) is 7.15. The van der Waals surface area contributed by atoms with E-state index < -0.39 is 0 Å². The molecule has 0 saturated heterocycles. The lowest BCUT2D eigenvalue weighted by Gasteiger charge is -2.20. The fourth-order valence-electron chi connectivity index (χ4n) is 2.66. The molecule has 3 rings (SSSR count). The van der Waals surface area contributed by atoms with E-state index in [0.717, 1.165) is 10.9 Å². The minimum Gasteiger partial charge on any atom is -0.496 e. The van der Waals surface area contributed by atoms with E-state index >= 15 is 0 Å². The molecule has 0 spiro atoms. The van der Waals surface area contributed by atoms with Crippen LogP contribution in [0.5, 0.6) is 11.5 Å². The standard InChI is InChI=1S/C17H16ClN4O2/c1-8-12(23-2)6-13(24-3)16(18)15(8)11-4-9-7-21-14(19)5-10(9)17(20)22-11/h4-7H,1-3H3,(H3-,19,20,21,22)/q-1. The van der Waals surface area contributed by atoms with Crippen molar-refractivity contribution in [1.29, 1.82) is 0 Å². The molecule has 0 unspecified atom stereocenters. The molecule has 2 heterocycles. The van der Waals surface area contributed by atoms with Gasteiger partial charge in [-0.2, -0.15) is 0 Å². The Morgan fingerprint density at radius 2 is 1.83 bits per heavy atom. The van der Waals surface area contributed by atoms with Crippen molar-refractivity contribution in [2.45, 2.75) is 6.92 Å². The van der Waals surface area contributed by atoms with Gasteiger partial charge in [0.1, 0.15) is 17.3 Å². The highest BCUT2D eigenvalue weighted by molar-refractivity contribution is 6.35. The van der Waals surface area contributed by atoms with Crippen molar-refractivity contribution >= 4 is 34.0 Å². The number of halogens is 1. The summed E-state index contributed by atoms with van der Waals surface area (Å²) in [6.07, 6.45) is 1.62. The molecule has 0 amide bonds. The number of fused-ring (bicyclic) bond motifs is 1. The Kier molecular flexibility index (Phi) is 4.07. The maximum absolute atomic E-state index is 8.19. The number of anilines is 1. The minimum absolute atomic E-state index is 0.105. The molecule has 0 radical (unpaired) electrons. The van der Waals surface area contributed by atoms with E-state index in [2.05, 4.69) is 9.97 Å². The third kappa shape index (κ3) is 2.55. The number of benzene rings is 1. The summed E-state index contributed by atoms with van der Waals surface area (Å²) in [4.78, 5) is 8.45. The fourth-order valence-corrected chi connectivity index (χ4v) is 3.03. The lowest BCUT2D eigenvalue weighted by molar-refractivity contribution is 0.393. The predicted octanol–water partition coefficient (Wildman–Crippen LogP) is 4.54. The average Bonchev–Trinajstić information content (AvgIpc) is 2.56. The molecular formula is C17H16ClN4O2-. The van der Waals surface area contributed by atoms with Crippen LogP contribution in [-0.2, 0) is 0 Å². The summed E-state index contributed by atoms with van der Waals surface area (Å²) in [5.41, 5.74) is 15.9. The van der Waals surface area contributed by atoms with Gasteiger partial charge in [0.15, 0.2) is 0 Å². The third-order valence-electron chi connectivity index (χ3n) is 3.87. The molecule has 0 bridgehead atoms. The Bertz CT molecular complexity index is 916. The van der Waals surface area contributed by atoms with Crippen LogP contribution in [0.1, 0.15) is 5.56 Å². The summed E-state index contributed by atoms with van der Waals surface area (Å²) in [6.45, 7) is 1.89. The average molecular weight is 344 g/mol. The van der Waals surface area contributed by atoms with Crippen LogP contribution in [0.3, 0.4) is 0 Å². The van der Waals surface area contributed by atoms with Crippen molar-refractivity contribution in [2.24, 2.45) is 0 Å². The highest BCUT2D eigenvalue weighted by atomic mass is 35.5. The summed E-state index contributed by atoms with van der Waals surface area (Å²) < 4.78 is 10.7. The number of ether oxygens (including phenoxy) is 2. The van der Waals surface area contributed by atoms with E-state index in [9.17, 15) is 0 Å². The van der Waals surface area contributed by atoms with Crippen LogP contribution in [0.25, 0.3) is 27.8 Å². The summed E-state index contributed by atoms with van der Waals surface area (Å²) in [7, 11) is 3.12. The van der Waals surface area contributed by atoms with Crippen LogP contribution in [0.2, 0.25) is 5.02 Å².